The van der Waals surface area contributed by atoms with E-state index in [1.165, 1.54) is 0 Å². The molecular weight excluding hydrogens is 424 g/mol. The van der Waals surface area contributed by atoms with Crippen LogP contribution in [-0.4, -0.2) is 32.3 Å². The summed E-state index contributed by atoms with van der Waals surface area (Å²) in [6, 6.07) is 11.0. The Morgan fingerprint density at radius 1 is 1.26 bits per heavy atom. The van der Waals surface area contributed by atoms with E-state index in [-0.39, 0.29) is 16.6 Å². The Hall–Kier alpha value is -1.95. The third-order valence-electron chi connectivity index (χ3n) is 5.98. The van der Waals surface area contributed by atoms with Crippen molar-refractivity contribution in [2.45, 2.75) is 58.8 Å². The highest BCUT2D eigenvalue weighted by atomic mass is 35.5. The molecule has 0 saturated heterocycles. The standard InChI is InChI=1S/C25H35ClN2O2Si/c1-8-19(17-27-9-2)20-13-14-28(24(29)16-20)23(21-11-10-12-22(26)15-21)18-30-31(6,7)25(3,4)5/h8,10-17,23H,9,18H2,1-7H3/b19-8+,27-17?/t23-/m1/s1. The number of nitrogens with zero attached hydrogens (tertiary/aromatic N) is 2. The van der Waals surface area contributed by atoms with Crippen LogP contribution < -0.4 is 5.56 Å². The molecule has 31 heavy (non-hydrogen) atoms. The van der Waals surface area contributed by atoms with Gasteiger partial charge in [-0.2, -0.15) is 0 Å². The maximum Gasteiger partial charge on any atom is 0.251 e. The van der Waals surface area contributed by atoms with Crippen molar-refractivity contribution in [2.75, 3.05) is 13.2 Å². The van der Waals surface area contributed by atoms with Gasteiger partial charge in [-0.3, -0.25) is 9.79 Å². The lowest BCUT2D eigenvalue weighted by atomic mass is 10.1. The highest BCUT2D eigenvalue weighted by Gasteiger charge is 2.38. The Labute approximate surface area is 192 Å². The van der Waals surface area contributed by atoms with Crippen LogP contribution in [0, 0.1) is 0 Å². The lowest BCUT2D eigenvalue weighted by Crippen LogP contribution is -2.43. The van der Waals surface area contributed by atoms with Crippen LogP contribution in [0.3, 0.4) is 0 Å². The van der Waals surface area contributed by atoms with Gasteiger partial charge in [-0.05, 0) is 66.9 Å². The third kappa shape index (κ3) is 6.51. The average Bonchev–Trinajstić information content (AvgIpc) is 2.69. The summed E-state index contributed by atoms with van der Waals surface area (Å²) in [7, 11) is -1.99. The van der Waals surface area contributed by atoms with Gasteiger partial charge in [0, 0.05) is 30.0 Å². The highest BCUT2D eigenvalue weighted by Crippen LogP contribution is 2.37. The zero-order valence-electron chi connectivity index (χ0n) is 19.8. The van der Waals surface area contributed by atoms with Gasteiger partial charge in [0.25, 0.3) is 5.56 Å². The summed E-state index contributed by atoms with van der Waals surface area (Å²) < 4.78 is 8.26. The summed E-state index contributed by atoms with van der Waals surface area (Å²) in [6.07, 6.45) is 5.63. The van der Waals surface area contributed by atoms with E-state index >= 15 is 0 Å². The van der Waals surface area contributed by atoms with Crippen molar-refractivity contribution in [2.24, 2.45) is 4.99 Å². The van der Waals surface area contributed by atoms with Gasteiger partial charge in [-0.1, -0.05) is 50.6 Å². The number of allylic oxidation sites excluding steroid dienone is 2. The molecule has 1 atom stereocenters. The van der Waals surface area contributed by atoms with Crippen LogP contribution in [-0.2, 0) is 4.43 Å². The second kappa shape index (κ2) is 10.6. The van der Waals surface area contributed by atoms with E-state index < -0.39 is 8.32 Å². The van der Waals surface area contributed by atoms with E-state index in [0.29, 0.717) is 18.2 Å². The number of pyridine rings is 1. The first-order valence-corrected chi connectivity index (χ1v) is 14.1. The number of hydrogen-bond acceptors (Lipinski definition) is 3. The van der Waals surface area contributed by atoms with E-state index in [9.17, 15) is 4.79 Å². The molecule has 0 aliphatic carbocycles. The van der Waals surface area contributed by atoms with E-state index in [0.717, 1.165) is 16.7 Å². The van der Waals surface area contributed by atoms with Gasteiger partial charge in [0.15, 0.2) is 8.32 Å². The van der Waals surface area contributed by atoms with Crippen LogP contribution >= 0.6 is 11.6 Å². The minimum absolute atomic E-state index is 0.0782. The fraction of sp³-hybridized carbons (Fsp3) is 0.440. The summed E-state index contributed by atoms with van der Waals surface area (Å²) in [5.41, 5.74) is 2.67. The number of rotatable bonds is 8. The van der Waals surface area contributed by atoms with Gasteiger partial charge in [0.05, 0.1) is 12.6 Å². The minimum Gasteiger partial charge on any atom is -0.414 e. The molecule has 2 rings (SSSR count). The molecule has 2 aromatic rings. The summed E-state index contributed by atoms with van der Waals surface area (Å²) >= 11 is 6.27. The Kier molecular flexibility index (Phi) is 8.63. The van der Waals surface area contributed by atoms with Crippen molar-refractivity contribution < 1.29 is 4.43 Å². The molecule has 0 bridgehead atoms. The van der Waals surface area contributed by atoms with Crippen LogP contribution in [0.1, 0.15) is 51.8 Å². The molecule has 1 aromatic carbocycles. The SMILES string of the molecule is C/C=C(\C=NCC)c1ccn([C@H](CO[Si](C)(C)C(C)(C)C)c2cccc(Cl)c2)c(=O)c1. The molecule has 1 aromatic heterocycles. The topological polar surface area (TPSA) is 43.6 Å². The van der Waals surface area contributed by atoms with Crippen molar-refractivity contribution in [3.8, 4) is 0 Å². The quantitative estimate of drug-likeness (QED) is 0.330. The van der Waals surface area contributed by atoms with Crippen molar-refractivity contribution >= 4 is 31.7 Å². The predicted octanol–water partition coefficient (Wildman–Crippen LogP) is 6.61. The smallest absolute Gasteiger partial charge is 0.251 e. The fourth-order valence-electron chi connectivity index (χ4n) is 2.99. The molecule has 0 N–H and O–H groups in total. The molecule has 0 amide bonds. The molecule has 0 saturated carbocycles. The van der Waals surface area contributed by atoms with Crippen LogP contribution in [0.2, 0.25) is 23.2 Å². The Morgan fingerprint density at radius 2 is 1.97 bits per heavy atom. The molecule has 0 aliphatic heterocycles. The predicted molar refractivity (Wildman–Crippen MR) is 136 cm³/mol. The zero-order chi connectivity index (χ0) is 23.2. The van der Waals surface area contributed by atoms with E-state index in [1.54, 1.807) is 10.6 Å². The maximum absolute atomic E-state index is 13.2. The molecule has 6 heteroatoms. The number of aliphatic imine (C=N–C) groups is 1. The van der Waals surface area contributed by atoms with Crippen LogP contribution in [0.4, 0.5) is 0 Å². The Balaban J connectivity index is 2.47. The molecule has 0 unspecified atom stereocenters. The van der Waals surface area contributed by atoms with Crippen LogP contribution in [0.15, 0.2) is 58.5 Å². The summed E-state index contributed by atoms with van der Waals surface area (Å²) in [5.74, 6) is 0. The third-order valence-corrected chi connectivity index (χ3v) is 10.7. The molecule has 168 valence electrons. The van der Waals surface area contributed by atoms with E-state index in [1.807, 2.05) is 62.7 Å². The molecule has 0 fully saturated rings. The highest BCUT2D eigenvalue weighted by molar-refractivity contribution is 6.74. The second-order valence-corrected chi connectivity index (χ2v) is 14.4. The molecular formula is C25H35ClN2O2Si. The number of aromatic nitrogens is 1. The molecule has 0 spiro atoms. The molecule has 4 nitrogen and oxygen atoms in total. The molecule has 0 aliphatic rings. The van der Waals surface area contributed by atoms with Gasteiger partial charge >= 0.3 is 0 Å². The summed E-state index contributed by atoms with van der Waals surface area (Å²) in [4.78, 5) is 17.5. The lowest BCUT2D eigenvalue weighted by molar-refractivity contribution is 0.246. The summed E-state index contributed by atoms with van der Waals surface area (Å²) in [6.45, 7) is 16.1. The Bertz CT molecular complexity index is 1000. The number of hydrogen-bond donors (Lipinski definition) is 0. The van der Waals surface area contributed by atoms with Gasteiger partial charge in [0.2, 0.25) is 0 Å². The van der Waals surface area contributed by atoms with E-state index in [2.05, 4.69) is 38.9 Å². The number of halogens is 1. The molecule has 1 heterocycles. The minimum atomic E-state index is -1.99. The fourth-order valence-corrected chi connectivity index (χ4v) is 4.19. The van der Waals surface area contributed by atoms with Crippen molar-refractivity contribution in [1.29, 1.82) is 0 Å². The van der Waals surface area contributed by atoms with E-state index in [4.69, 9.17) is 16.0 Å². The second-order valence-electron chi connectivity index (χ2n) is 9.17. The molecule has 0 radical (unpaired) electrons. The maximum atomic E-state index is 13.2. The normalized spacial score (nSPS) is 14.3. The monoisotopic (exact) mass is 458 g/mol. The Morgan fingerprint density at radius 3 is 2.52 bits per heavy atom. The van der Waals surface area contributed by atoms with Gasteiger partial charge < -0.3 is 8.99 Å². The van der Waals surface area contributed by atoms with Crippen molar-refractivity contribution in [3.63, 3.8) is 0 Å². The van der Waals surface area contributed by atoms with Gasteiger partial charge in [0.1, 0.15) is 0 Å². The van der Waals surface area contributed by atoms with Crippen LogP contribution in [0.25, 0.3) is 5.57 Å². The van der Waals surface area contributed by atoms with Crippen molar-refractivity contribution in [3.05, 3.63) is 75.2 Å². The first-order valence-electron chi connectivity index (χ1n) is 10.8. The summed E-state index contributed by atoms with van der Waals surface area (Å²) in [5, 5.41) is 0.728. The van der Waals surface area contributed by atoms with Crippen LogP contribution in [0.5, 0.6) is 0 Å². The zero-order valence-corrected chi connectivity index (χ0v) is 21.5. The average molecular weight is 459 g/mol. The van der Waals surface area contributed by atoms with Gasteiger partial charge in [-0.25, -0.2) is 0 Å². The lowest BCUT2D eigenvalue weighted by Gasteiger charge is -2.37. The van der Waals surface area contributed by atoms with Gasteiger partial charge in [-0.15, -0.1) is 0 Å². The van der Waals surface area contributed by atoms with Crippen molar-refractivity contribution in [1.82, 2.24) is 4.57 Å². The first-order chi connectivity index (χ1) is 14.5. The first kappa shape index (κ1) is 25.3. The largest absolute Gasteiger partial charge is 0.414 e. The number of benzene rings is 1.